The molecule has 5 heterocycles. The fourth-order valence-electron chi connectivity index (χ4n) is 3.57. The third-order valence-corrected chi connectivity index (χ3v) is 5.49. The minimum absolute atomic E-state index is 0.102. The van der Waals surface area contributed by atoms with E-state index in [1.54, 1.807) is 44.6 Å². The Bertz CT molecular complexity index is 1310. The lowest BCUT2D eigenvalue weighted by molar-refractivity contribution is -0.144. The Labute approximate surface area is 182 Å². The number of aromatic nitrogens is 6. The molecule has 32 heavy (non-hydrogen) atoms. The molecule has 1 saturated heterocycles. The van der Waals surface area contributed by atoms with E-state index in [-0.39, 0.29) is 12.2 Å². The highest BCUT2D eigenvalue weighted by atomic mass is 16.5. The molecular formula is C21H20N8O3. The van der Waals surface area contributed by atoms with Crippen LogP contribution in [0.3, 0.4) is 0 Å². The summed E-state index contributed by atoms with van der Waals surface area (Å²) in [6, 6.07) is 8.66. The maximum Gasteiger partial charge on any atom is 0.262 e. The van der Waals surface area contributed by atoms with Crippen molar-refractivity contribution >= 4 is 11.6 Å². The number of likely N-dealkylation sites (N-methyl/N-ethyl adjacent to an activating group) is 1. The van der Waals surface area contributed by atoms with Gasteiger partial charge in [-0.2, -0.15) is 5.10 Å². The van der Waals surface area contributed by atoms with Gasteiger partial charge in [0.1, 0.15) is 5.69 Å². The van der Waals surface area contributed by atoms with Crippen molar-refractivity contribution in [1.82, 2.24) is 34.8 Å². The van der Waals surface area contributed by atoms with Crippen LogP contribution in [0.25, 0.3) is 28.7 Å². The van der Waals surface area contributed by atoms with Crippen LogP contribution in [0.1, 0.15) is 17.9 Å². The van der Waals surface area contributed by atoms with Crippen LogP contribution in [0.15, 0.2) is 47.2 Å². The van der Waals surface area contributed by atoms with Gasteiger partial charge in [-0.05, 0) is 25.1 Å². The highest BCUT2D eigenvalue weighted by Gasteiger charge is 2.48. The van der Waals surface area contributed by atoms with Crippen molar-refractivity contribution in [1.29, 1.82) is 0 Å². The highest BCUT2D eigenvalue weighted by molar-refractivity contribution is 5.87. The molecular weight excluding hydrogens is 412 g/mol. The molecule has 1 amide bonds. The number of nitrogen functional groups attached to an aromatic ring is 1. The quantitative estimate of drug-likeness (QED) is 0.487. The zero-order chi connectivity index (χ0) is 22.5. The molecule has 4 aromatic heterocycles. The topological polar surface area (TPSA) is 149 Å². The molecule has 4 aromatic rings. The van der Waals surface area contributed by atoms with Crippen LogP contribution in [0.2, 0.25) is 0 Å². The van der Waals surface area contributed by atoms with E-state index in [0.717, 1.165) is 0 Å². The largest absolute Gasteiger partial charge is 0.396 e. The summed E-state index contributed by atoms with van der Waals surface area (Å²) in [7, 11) is 1.64. The first kappa shape index (κ1) is 19.8. The van der Waals surface area contributed by atoms with Gasteiger partial charge >= 0.3 is 0 Å². The molecule has 0 saturated carbocycles. The summed E-state index contributed by atoms with van der Waals surface area (Å²) in [6.07, 6.45) is 3.51. The molecule has 1 aliphatic rings. The number of amides is 1. The second-order valence-electron chi connectivity index (χ2n) is 7.68. The Morgan fingerprint density at radius 2 is 1.91 bits per heavy atom. The van der Waals surface area contributed by atoms with Crippen molar-refractivity contribution in [2.24, 2.45) is 0 Å². The molecule has 3 N–H and O–H groups in total. The summed E-state index contributed by atoms with van der Waals surface area (Å²) in [5.74, 6) is 0.0549. The van der Waals surface area contributed by atoms with Gasteiger partial charge in [0.2, 0.25) is 5.60 Å². The van der Waals surface area contributed by atoms with E-state index in [2.05, 4.69) is 25.2 Å². The highest BCUT2D eigenvalue weighted by Crippen LogP contribution is 2.34. The van der Waals surface area contributed by atoms with Gasteiger partial charge in [-0.1, -0.05) is 11.2 Å². The third-order valence-electron chi connectivity index (χ3n) is 5.49. The Kier molecular flexibility index (Phi) is 4.48. The molecule has 0 unspecified atom stereocenters. The van der Waals surface area contributed by atoms with E-state index < -0.39 is 11.5 Å². The molecule has 5 rings (SSSR count). The Morgan fingerprint density at radius 3 is 2.59 bits per heavy atom. The van der Waals surface area contributed by atoms with E-state index >= 15 is 0 Å². The second-order valence-corrected chi connectivity index (χ2v) is 7.68. The van der Waals surface area contributed by atoms with Gasteiger partial charge < -0.3 is 20.3 Å². The number of carbonyl (C=O) groups excluding carboxylic acids is 1. The fourth-order valence-corrected chi connectivity index (χ4v) is 3.57. The molecule has 0 aromatic carbocycles. The zero-order valence-electron chi connectivity index (χ0n) is 17.4. The molecule has 11 nitrogen and oxygen atoms in total. The normalized spacial score (nSPS) is 18.5. The molecule has 1 fully saturated rings. The number of aryl methyl sites for hydroxylation is 1. The van der Waals surface area contributed by atoms with Gasteiger partial charge in [-0.25, -0.2) is 19.6 Å². The number of likely N-dealkylation sites (tertiary alicyclic amines) is 1. The van der Waals surface area contributed by atoms with E-state index in [1.807, 2.05) is 12.1 Å². The van der Waals surface area contributed by atoms with Crippen molar-refractivity contribution in [2.45, 2.75) is 18.9 Å². The van der Waals surface area contributed by atoms with Crippen molar-refractivity contribution < 1.29 is 14.4 Å². The van der Waals surface area contributed by atoms with E-state index in [0.29, 0.717) is 46.7 Å². The minimum Gasteiger partial charge on any atom is -0.396 e. The van der Waals surface area contributed by atoms with E-state index in [9.17, 15) is 9.90 Å². The van der Waals surface area contributed by atoms with Gasteiger partial charge in [0.05, 0.1) is 34.7 Å². The first-order chi connectivity index (χ1) is 15.3. The number of nitrogens with zero attached hydrogens (tertiary/aromatic N) is 7. The van der Waals surface area contributed by atoms with Crippen molar-refractivity contribution in [3.63, 3.8) is 0 Å². The van der Waals surface area contributed by atoms with E-state index in [4.69, 9.17) is 10.3 Å². The van der Waals surface area contributed by atoms with Crippen LogP contribution >= 0.6 is 0 Å². The lowest BCUT2D eigenvalue weighted by Crippen LogP contribution is -2.35. The Hall–Kier alpha value is -4.12. The van der Waals surface area contributed by atoms with Crippen molar-refractivity contribution in [3.8, 4) is 28.7 Å². The van der Waals surface area contributed by atoms with Crippen LogP contribution < -0.4 is 5.73 Å². The monoisotopic (exact) mass is 432 g/mol. The molecule has 162 valence electrons. The summed E-state index contributed by atoms with van der Waals surface area (Å²) in [5, 5.41) is 19.1. The lowest BCUT2D eigenvalue weighted by atomic mass is 9.98. The van der Waals surface area contributed by atoms with E-state index in [1.165, 1.54) is 9.58 Å². The van der Waals surface area contributed by atoms with Crippen LogP contribution in [-0.4, -0.2) is 59.4 Å². The number of carbonyl (C=O) groups is 1. The maximum absolute atomic E-state index is 12.3. The number of hydrogen-bond donors (Lipinski definition) is 2. The van der Waals surface area contributed by atoms with Crippen LogP contribution in [0.4, 0.5) is 5.69 Å². The molecule has 1 aliphatic heterocycles. The summed E-state index contributed by atoms with van der Waals surface area (Å²) >= 11 is 0. The summed E-state index contributed by atoms with van der Waals surface area (Å²) in [5.41, 5.74) is 7.50. The summed E-state index contributed by atoms with van der Waals surface area (Å²) < 4.78 is 6.84. The van der Waals surface area contributed by atoms with Gasteiger partial charge in [-0.15, -0.1) is 0 Å². The molecule has 11 heteroatoms. The third kappa shape index (κ3) is 3.19. The average Bonchev–Trinajstić information content (AvgIpc) is 3.50. The van der Waals surface area contributed by atoms with Gasteiger partial charge in [0.15, 0.2) is 5.76 Å². The molecule has 0 bridgehead atoms. The Balaban J connectivity index is 1.47. The minimum atomic E-state index is -1.71. The predicted octanol–water partition coefficient (Wildman–Crippen LogP) is 1.32. The molecule has 0 radical (unpaired) electrons. The summed E-state index contributed by atoms with van der Waals surface area (Å²) in [4.78, 5) is 27.2. The molecule has 0 spiro atoms. The molecule has 1 atom stereocenters. The van der Waals surface area contributed by atoms with Crippen molar-refractivity contribution in [2.75, 3.05) is 19.3 Å². The number of anilines is 1. The zero-order valence-corrected chi connectivity index (χ0v) is 17.4. The standard InChI is InChI=1S/C21H20N8O3/c1-12-13(22)11-29(26-12)20-23-8-6-16(25-20)14-4-3-5-15(24-14)17-10-18(32-27-17)21(31)7-9-28(2)19(21)30/h3-6,8,10-11,31H,7,9,22H2,1-2H3/t21-/m1/s1. The Morgan fingerprint density at radius 1 is 1.16 bits per heavy atom. The van der Waals surface area contributed by atoms with Gasteiger partial charge in [-0.3, -0.25) is 4.79 Å². The number of pyridine rings is 1. The van der Waals surface area contributed by atoms with Crippen LogP contribution in [-0.2, 0) is 10.4 Å². The number of nitrogens with two attached hydrogens (primary N) is 1. The van der Waals surface area contributed by atoms with Crippen LogP contribution in [0, 0.1) is 6.92 Å². The van der Waals surface area contributed by atoms with Crippen molar-refractivity contribution in [3.05, 3.63) is 54.2 Å². The van der Waals surface area contributed by atoms with Gasteiger partial charge in [0, 0.05) is 32.3 Å². The lowest BCUT2D eigenvalue weighted by Gasteiger charge is -2.16. The number of hydrogen-bond acceptors (Lipinski definition) is 9. The number of rotatable bonds is 4. The number of aliphatic hydroxyl groups is 1. The van der Waals surface area contributed by atoms with Crippen LogP contribution in [0.5, 0.6) is 0 Å². The SMILES string of the molecule is Cc1nn(-c2nccc(-c3cccc(-c4cc([C@]5(O)CCN(C)C5=O)on4)n3)n2)cc1N. The fraction of sp³-hybridized carbons (Fsp3) is 0.238. The smallest absolute Gasteiger partial charge is 0.262 e. The predicted molar refractivity (Wildman–Crippen MR) is 113 cm³/mol. The first-order valence-electron chi connectivity index (χ1n) is 9.93. The summed E-state index contributed by atoms with van der Waals surface area (Å²) in [6.45, 7) is 2.25. The first-order valence-corrected chi connectivity index (χ1v) is 9.93. The maximum atomic E-state index is 12.3. The van der Waals surface area contributed by atoms with Gasteiger partial charge in [0.25, 0.3) is 11.9 Å². The molecule has 0 aliphatic carbocycles. The second kappa shape index (κ2) is 7.24. The average molecular weight is 432 g/mol.